The first kappa shape index (κ1) is 14.6. The van der Waals surface area contributed by atoms with Gasteiger partial charge in [0.1, 0.15) is 11.9 Å². The molecule has 0 spiro atoms. The minimum atomic E-state index is -0.294. The molecular weight excluding hydrogens is 351 g/mol. The van der Waals surface area contributed by atoms with Crippen molar-refractivity contribution in [1.82, 2.24) is 4.98 Å². The Balaban J connectivity index is 2.26. The van der Waals surface area contributed by atoms with Crippen molar-refractivity contribution in [2.45, 2.75) is 6.10 Å². The molecule has 2 N–H and O–H groups in total. The molecule has 0 aliphatic rings. The Labute approximate surface area is 129 Å². The molecule has 1 atom stereocenters. The fraction of sp³-hybridized carbons (Fsp3) is 0.154. The molecule has 0 fully saturated rings. The van der Waals surface area contributed by atoms with Crippen LogP contribution in [0.5, 0.6) is 5.75 Å². The van der Waals surface area contributed by atoms with Crippen molar-refractivity contribution in [3.63, 3.8) is 0 Å². The molecule has 0 aliphatic heterocycles. The zero-order valence-corrected chi connectivity index (χ0v) is 12.9. The van der Waals surface area contributed by atoms with Crippen molar-refractivity contribution in [3.05, 3.63) is 56.7 Å². The van der Waals surface area contributed by atoms with E-state index in [1.807, 2.05) is 12.1 Å². The van der Waals surface area contributed by atoms with Gasteiger partial charge in [-0.05, 0) is 39.7 Å². The minimum absolute atomic E-state index is 0.294. The normalized spacial score (nSPS) is 12.2. The highest BCUT2D eigenvalue weighted by Gasteiger charge is 2.14. The van der Waals surface area contributed by atoms with Gasteiger partial charge in [-0.25, -0.2) is 0 Å². The molecular formula is C13H11BrCl2N2O. The van der Waals surface area contributed by atoms with Crippen LogP contribution in [0.25, 0.3) is 0 Å². The van der Waals surface area contributed by atoms with E-state index in [0.717, 1.165) is 10.0 Å². The predicted octanol–water partition coefficient (Wildman–Crippen LogP) is 4.23. The van der Waals surface area contributed by atoms with Crippen molar-refractivity contribution in [3.8, 4) is 5.75 Å². The van der Waals surface area contributed by atoms with Gasteiger partial charge in [0.15, 0.2) is 0 Å². The number of benzene rings is 1. The van der Waals surface area contributed by atoms with Gasteiger partial charge in [-0.1, -0.05) is 23.2 Å². The third kappa shape index (κ3) is 3.60. The van der Waals surface area contributed by atoms with Crippen molar-refractivity contribution in [2.75, 3.05) is 6.54 Å². The van der Waals surface area contributed by atoms with Crippen molar-refractivity contribution in [1.29, 1.82) is 0 Å². The molecule has 3 nitrogen and oxygen atoms in total. The summed E-state index contributed by atoms with van der Waals surface area (Å²) in [6, 6.07) is 7.06. The molecule has 0 aliphatic carbocycles. The number of nitrogens with two attached hydrogens (primary N) is 1. The quantitative estimate of drug-likeness (QED) is 0.829. The van der Waals surface area contributed by atoms with Gasteiger partial charge < -0.3 is 10.5 Å². The van der Waals surface area contributed by atoms with Gasteiger partial charge in [0.2, 0.25) is 0 Å². The van der Waals surface area contributed by atoms with Crippen LogP contribution < -0.4 is 10.5 Å². The number of halogens is 3. The van der Waals surface area contributed by atoms with Crippen LogP contribution in [-0.4, -0.2) is 11.5 Å². The topological polar surface area (TPSA) is 48.1 Å². The lowest BCUT2D eigenvalue weighted by Crippen LogP contribution is -2.18. The fourth-order valence-corrected chi connectivity index (χ4v) is 2.42. The van der Waals surface area contributed by atoms with E-state index in [1.165, 1.54) is 0 Å². The Morgan fingerprint density at radius 1 is 1.21 bits per heavy atom. The molecule has 2 aromatic rings. The second-order valence-electron chi connectivity index (χ2n) is 3.82. The van der Waals surface area contributed by atoms with E-state index in [1.54, 1.807) is 24.5 Å². The van der Waals surface area contributed by atoms with Gasteiger partial charge in [-0.2, -0.15) is 0 Å². The highest BCUT2D eigenvalue weighted by Crippen LogP contribution is 2.36. The van der Waals surface area contributed by atoms with E-state index >= 15 is 0 Å². The van der Waals surface area contributed by atoms with Crippen LogP contribution in [0.3, 0.4) is 0 Å². The smallest absolute Gasteiger partial charge is 0.140 e. The van der Waals surface area contributed by atoms with Gasteiger partial charge in [-0.15, -0.1) is 0 Å². The monoisotopic (exact) mass is 360 g/mol. The van der Waals surface area contributed by atoms with E-state index in [0.29, 0.717) is 22.3 Å². The summed E-state index contributed by atoms with van der Waals surface area (Å²) in [5.74, 6) is 0.502. The van der Waals surface area contributed by atoms with Gasteiger partial charge in [-0.3, -0.25) is 4.98 Å². The van der Waals surface area contributed by atoms with Gasteiger partial charge in [0, 0.05) is 29.5 Å². The molecule has 0 amide bonds. The number of nitrogens with zero attached hydrogens (tertiary/aromatic N) is 1. The van der Waals surface area contributed by atoms with Crippen LogP contribution in [0.1, 0.15) is 11.7 Å². The lowest BCUT2D eigenvalue weighted by Gasteiger charge is -2.19. The Kier molecular flexibility index (Phi) is 5.05. The molecule has 0 saturated carbocycles. The Morgan fingerprint density at radius 3 is 2.53 bits per heavy atom. The summed E-state index contributed by atoms with van der Waals surface area (Å²) < 4.78 is 6.55. The summed E-state index contributed by atoms with van der Waals surface area (Å²) in [7, 11) is 0. The maximum atomic E-state index is 6.12. The number of aromatic nitrogens is 1. The third-order valence-electron chi connectivity index (χ3n) is 2.54. The summed E-state index contributed by atoms with van der Waals surface area (Å²) in [6.45, 7) is 0.327. The van der Waals surface area contributed by atoms with Crippen LogP contribution in [0.2, 0.25) is 10.0 Å². The summed E-state index contributed by atoms with van der Waals surface area (Å²) >= 11 is 15.5. The van der Waals surface area contributed by atoms with E-state index in [4.69, 9.17) is 33.7 Å². The number of pyridine rings is 1. The predicted molar refractivity (Wildman–Crippen MR) is 80.8 cm³/mol. The largest absolute Gasteiger partial charge is 0.483 e. The second-order valence-corrected chi connectivity index (χ2v) is 5.49. The lowest BCUT2D eigenvalue weighted by atomic mass is 10.1. The summed E-state index contributed by atoms with van der Waals surface area (Å²) in [6.07, 6.45) is 3.09. The van der Waals surface area contributed by atoms with Gasteiger partial charge >= 0.3 is 0 Å². The number of hydrogen-bond donors (Lipinski definition) is 1. The van der Waals surface area contributed by atoms with Crippen LogP contribution in [0, 0.1) is 0 Å². The van der Waals surface area contributed by atoms with E-state index in [-0.39, 0.29) is 6.10 Å². The van der Waals surface area contributed by atoms with Crippen LogP contribution in [-0.2, 0) is 0 Å². The van der Waals surface area contributed by atoms with Crippen molar-refractivity contribution < 1.29 is 4.74 Å². The Bertz CT molecular complexity index is 566. The lowest BCUT2D eigenvalue weighted by molar-refractivity contribution is 0.214. The first-order valence-electron chi connectivity index (χ1n) is 5.53. The first-order chi connectivity index (χ1) is 9.11. The second kappa shape index (κ2) is 6.57. The van der Waals surface area contributed by atoms with Gasteiger partial charge in [0.05, 0.1) is 10.0 Å². The molecule has 0 saturated heterocycles. The SMILES string of the molecule is NCC(Oc1cc(Cl)c(Br)cc1Cl)c1ccncc1. The minimum Gasteiger partial charge on any atom is -0.483 e. The molecule has 2 rings (SSSR count). The zero-order chi connectivity index (χ0) is 13.8. The molecule has 1 heterocycles. The molecule has 19 heavy (non-hydrogen) atoms. The molecule has 1 aromatic carbocycles. The van der Waals surface area contributed by atoms with E-state index in [9.17, 15) is 0 Å². The van der Waals surface area contributed by atoms with Crippen LogP contribution >= 0.6 is 39.1 Å². The van der Waals surface area contributed by atoms with Crippen molar-refractivity contribution in [2.24, 2.45) is 5.73 Å². The maximum absolute atomic E-state index is 6.12. The average Bonchev–Trinajstić information content (AvgIpc) is 2.42. The van der Waals surface area contributed by atoms with Crippen molar-refractivity contribution >= 4 is 39.1 Å². The van der Waals surface area contributed by atoms with Crippen LogP contribution in [0.4, 0.5) is 0 Å². The maximum Gasteiger partial charge on any atom is 0.140 e. The molecule has 1 aromatic heterocycles. The van der Waals surface area contributed by atoms with E-state index < -0.39 is 0 Å². The third-order valence-corrected chi connectivity index (χ3v) is 4.03. The first-order valence-corrected chi connectivity index (χ1v) is 7.08. The molecule has 100 valence electrons. The molecule has 1 unspecified atom stereocenters. The Hall–Kier alpha value is -0.810. The molecule has 6 heteroatoms. The fourth-order valence-electron chi connectivity index (χ4n) is 1.58. The summed E-state index contributed by atoms with van der Waals surface area (Å²) in [5.41, 5.74) is 6.68. The summed E-state index contributed by atoms with van der Waals surface area (Å²) in [5, 5.41) is 1.01. The Morgan fingerprint density at radius 2 is 1.89 bits per heavy atom. The number of hydrogen-bond acceptors (Lipinski definition) is 3. The number of rotatable bonds is 4. The summed E-state index contributed by atoms with van der Waals surface area (Å²) in [4.78, 5) is 3.96. The standard InChI is InChI=1S/C13H11BrCl2N2O/c14-9-5-11(16)12(6-10(9)15)19-13(7-17)8-1-3-18-4-2-8/h1-6,13H,7,17H2. The highest BCUT2D eigenvalue weighted by molar-refractivity contribution is 9.10. The molecule has 0 bridgehead atoms. The highest BCUT2D eigenvalue weighted by atomic mass is 79.9. The van der Waals surface area contributed by atoms with E-state index in [2.05, 4.69) is 20.9 Å². The van der Waals surface area contributed by atoms with Crippen LogP contribution in [0.15, 0.2) is 41.1 Å². The zero-order valence-electron chi connectivity index (χ0n) is 9.82. The molecule has 0 radical (unpaired) electrons. The number of ether oxygens (including phenoxy) is 1. The average molecular weight is 362 g/mol. The van der Waals surface area contributed by atoms with Gasteiger partial charge in [0.25, 0.3) is 0 Å².